The Balaban J connectivity index is 1.49. The second-order valence-electron chi connectivity index (χ2n) is 7.38. The quantitative estimate of drug-likeness (QED) is 0.292. The normalized spacial score (nSPS) is 16.7. The van der Waals surface area contributed by atoms with E-state index in [1.807, 2.05) is 42.5 Å². The number of benzene rings is 3. The summed E-state index contributed by atoms with van der Waals surface area (Å²) in [5.41, 5.74) is 3.60. The highest BCUT2D eigenvalue weighted by atomic mass is 79.9. The van der Waals surface area contributed by atoms with Crippen molar-refractivity contribution in [1.29, 1.82) is 0 Å². The van der Waals surface area contributed by atoms with Crippen LogP contribution in [0.5, 0.6) is 5.75 Å². The molecule has 1 aliphatic heterocycles. The highest BCUT2D eigenvalue weighted by molar-refractivity contribution is 9.10. The molecule has 0 unspecified atom stereocenters. The van der Waals surface area contributed by atoms with E-state index in [4.69, 9.17) is 27.9 Å². The number of aryl methyl sites for hydroxylation is 1. The van der Waals surface area contributed by atoms with Crippen molar-refractivity contribution in [1.82, 2.24) is 5.32 Å². The Bertz CT molecular complexity index is 1200. The van der Waals surface area contributed by atoms with Crippen LogP contribution in [0.15, 0.2) is 70.0 Å². The van der Waals surface area contributed by atoms with Gasteiger partial charge in [-0.15, -0.1) is 0 Å². The van der Waals surface area contributed by atoms with Crippen LogP contribution in [-0.4, -0.2) is 11.4 Å². The Labute approximate surface area is 215 Å². The minimum Gasteiger partial charge on any atom is -0.488 e. The number of thioether (sulfide) groups is 1. The van der Waals surface area contributed by atoms with Crippen molar-refractivity contribution < 1.29 is 9.53 Å². The molecule has 0 bridgehead atoms. The van der Waals surface area contributed by atoms with E-state index < -0.39 is 0 Å². The molecule has 0 radical (unpaired) electrons. The number of carbonyl (C=O) groups is 1. The summed E-state index contributed by atoms with van der Waals surface area (Å²) in [5.74, 6) is 0.519. The van der Waals surface area contributed by atoms with Crippen LogP contribution in [0.25, 0.3) is 6.08 Å². The van der Waals surface area contributed by atoms with Crippen molar-refractivity contribution in [2.24, 2.45) is 0 Å². The highest BCUT2D eigenvalue weighted by Crippen LogP contribution is 2.34. The Kier molecular flexibility index (Phi) is 7.91. The molecule has 0 spiro atoms. The molecule has 0 saturated carbocycles. The van der Waals surface area contributed by atoms with E-state index in [1.165, 1.54) is 17.3 Å². The SMILES string of the molecule is CCc1ccc(N[C@@H]2NC(=O)/C(=C/c3cc(Br)ccc3OCc3ccc(Cl)cc3Cl)S2)cc1. The predicted molar refractivity (Wildman–Crippen MR) is 142 cm³/mol. The van der Waals surface area contributed by atoms with Crippen molar-refractivity contribution in [2.75, 3.05) is 5.32 Å². The van der Waals surface area contributed by atoms with E-state index in [1.54, 1.807) is 12.1 Å². The first-order valence-electron chi connectivity index (χ1n) is 10.3. The van der Waals surface area contributed by atoms with Crippen LogP contribution >= 0.6 is 50.9 Å². The minimum atomic E-state index is -0.249. The van der Waals surface area contributed by atoms with Gasteiger partial charge in [-0.05, 0) is 60.5 Å². The number of amides is 1. The number of hydrogen-bond donors (Lipinski definition) is 2. The third-order valence-corrected chi connectivity index (χ3v) is 7.16. The van der Waals surface area contributed by atoms with Gasteiger partial charge in [-0.25, -0.2) is 0 Å². The van der Waals surface area contributed by atoms with E-state index in [0.717, 1.165) is 27.7 Å². The van der Waals surface area contributed by atoms with E-state index in [0.29, 0.717) is 20.7 Å². The lowest BCUT2D eigenvalue weighted by Gasteiger charge is -2.13. The second-order valence-corrected chi connectivity index (χ2v) is 10.3. The summed E-state index contributed by atoms with van der Waals surface area (Å²) >= 11 is 17.2. The first kappa shape index (κ1) is 24.0. The molecule has 8 heteroatoms. The summed E-state index contributed by atoms with van der Waals surface area (Å²) in [6.45, 7) is 2.40. The summed E-state index contributed by atoms with van der Waals surface area (Å²) in [5, 5.41) is 7.44. The van der Waals surface area contributed by atoms with Gasteiger partial charge in [-0.1, -0.05) is 76.0 Å². The molecule has 1 heterocycles. The lowest BCUT2D eigenvalue weighted by atomic mass is 10.1. The van der Waals surface area contributed by atoms with Crippen molar-refractivity contribution in [3.8, 4) is 5.75 Å². The maximum absolute atomic E-state index is 12.6. The average Bonchev–Trinajstić information content (AvgIpc) is 3.13. The zero-order chi connectivity index (χ0) is 23.4. The van der Waals surface area contributed by atoms with E-state index in [2.05, 4.69) is 45.6 Å². The van der Waals surface area contributed by atoms with Gasteiger partial charge in [0.05, 0.1) is 4.91 Å². The van der Waals surface area contributed by atoms with Gasteiger partial charge >= 0.3 is 0 Å². The Morgan fingerprint density at radius 1 is 1.12 bits per heavy atom. The Hall–Kier alpha value is -2.12. The fraction of sp³-hybridized carbons (Fsp3) is 0.160. The van der Waals surface area contributed by atoms with Gasteiger partial charge in [-0.3, -0.25) is 4.79 Å². The molecule has 2 N–H and O–H groups in total. The lowest BCUT2D eigenvalue weighted by molar-refractivity contribution is -0.116. The molecule has 0 aromatic heterocycles. The first-order valence-corrected chi connectivity index (χ1v) is 12.7. The van der Waals surface area contributed by atoms with Gasteiger partial charge in [-0.2, -0.15) is 0 Å². The fourth-order valence-electron chi connectivity index (χ4n) is 3.25. The molecule has 3 aromatic carbocycles. The summed E-state index contributed by atoms with van der Waals surface area (Å²) < 4.78 is 6.93. The molecule has 170 valence electrons. The average molecular weight is 564 g/mol. The third-order valence-electron chi connectivity index (χ3n) is 5.05. The van der Waals surface area contributed by atoms with E-state index in [-0.39, 0.29) is 18.0 Å². The van der Waals surface area contributed by atoms with Crippen molar-refractivity contribution in [3.63, 3.8) is 0 Å². The Morgan fingerprint density at radius 2 is 1.91 bits per heavy atom. The number of hydrogen-bond acceptors (Lipinski definition) is 4. The molecule has 1 amide bonds. The number of carbonyl (C=O) groups excluding carboxylic acids is 1. The fourth-order valence-corrected chi connectivity index (χ4v) is 5.07. The molecule has 4 rings (SSSR count). The maximum atomic E-state index is 12.6. The maximum Gasteiger partial charge on any atom is 0.260 e. The standard InChI is InChI=1S/C25H21BrCl2N2O2S/c1-2-15-3-8-20(9-4-15)29-25-30-24(31)23(33-25)12-17-11-18(26)6-10-22(17)32-14-16-5-7-19(27)13-21(16)28/h3-13,25,29H,2,14H2,1H3,(H,30,31)/b23-12-/t25-/m1/s1. The zero-order valence-electron chi connectivity index (χ0n) is 17.7. The van der Waals surface area contributed by atoms with Crippen LogP contribution in [0.1, 0.15) is 23.6 Å². The topological polar surface area (TPSA) is 50.4 Å². The molecular weight excluding hydrogens is 543 g/mol. The Morgan fingerprint density at radius 3 is 2.64 bits per heavy atom. The molecule has 1 aliphatic rings. The molecule has 1 saturated heterocycles. The molecular formula is C25H21BrCl2N2O2S. The summed E-state index contributed by atoms with van der Waals surface area (Å²) in [6, 6.07) is 19.2. The first-order chi connectivity index (χ1) is 15.9. The molecule has 1 fully saturated rings. The van der Waals surface area contributed by atoms with Gasteiger partial charge < -0.3 is 15.4 Å². The summed E-state index contributed by atoms with van der Waals surface area (Å²) in [4.78, 5) is 13.2. The number of ether oxygens (including phenoxy) is 1. The van der Waals surface area contributed by atoms with Crippen LogP contribution < -0.4 is 15.4 Å². The van der Waals surface area contributed by atoms with Crippen molar-refractivity contribution in [3.05, 3.63) is 96.8 Å². The molecule has 4 nitrogen and oxygen atoms in total. The van der Waals surface area contributed by atoms with Gasteiger partial charge in [0.1, 0.15) is 12.4 Å². The van der Waals surface area contributed by atoms with Crippen molar-refractivity contribution in [2.45, 2.75) is 25.4 Å². The summed E-state index contributed by atoms with van der Waals surface area (Å²) in [7, 11) is 0. The molecule has 1 atom stereocenters. The lowest BCUT2D eigenvalue weighted by Crippen LogP contribution is -2.30. The van der Waals surface area contributed by atoms with Crippen molar-refractivity contribution >= 4 is 68.6 Å². The van der Waals surface area contributed by atoms with Gasteiger partial charge in [0.2, 0.25) is 0 Å². The van der Waals surface area contributed by atoms with E-state index in [9.17, 15) is 4.79 Å². The monoisotopic (exact) mass is 562 g/mol. The van der Waals surface area contributed by atoms with Crippen LogP contribution in [0.3, 0.4) is 0 Å². The van der Waals surface area contributed by atoms with Gasteiger partial charge in [0.25, 0.3) is 5.91 Å². The number of halogens is 3. The van der Waals surface area contributed by atoms with Gasteiger partial charge in [0, 0.05) is 31.3 Å². The summed E-state index contributed by atoms with van der Waals surface area (Å²) in [6.07, 6.45) is 2.83. The third kappa shape index (κ3) is 6.27. The number of nitrogens with one attached hydrogen (secondary N) is 2. The molecule has 33 heavy (non-hydrogen) atoms. The van der Waals surface area contributed by atoms with Gasteiger partial charge in [0.15, 0.2) is 5.50 Å². The number of rotatable bonds is 7. The van der Waals surface area contributed by atoms with Crippen LogP contribution in [0, 0.1) is 0 Å². The molecule has 3 aromatic rings. The van der Waals surface area contributed by atoms with Crippen LogP contribution in [-0.2, 0) is 17.8 Å². The largest absolute Gasteiger partial charge is 0.488 e. The van der Waals surface area contributed by atoms with E-state index >= 15 is 0 Å². The minimum absolute atomic E-state index is 0.130. The number of anilines is 1. The molecule has 0 aliphatic carbocycles. The smallest absolute Gasteiger partial charge is 0.260 e. The zero-order valence-corrected chi connectivity index (χ0v) is 21.6. The predicted octanol–water partition coefficient (Wildman–Crippen LogP) is 7.50. The second kappa shape index (κ2) is 10.9. The van der Waals surface area contributed by atoms with Crippen LogP contribution in [0.4, 0.5) is 5.69 Å². The highest BCUT2D eigenvalue weighted by Gasteiger charge is 2.27. The van der Waals surface area contributed by atoms with Crippen LogP contribution in [0.2, 0.25) is 10.0 Å².